The van der Waals surface area contributed by atoms with Crippen molar-refractivity contribution in [1.82, 2.24) is 10.3 Å². The fourth-order valence-corrected chi connectivity index (χ4v) is 4.42. The number of hydrogen-bond acceptors (Lipinski definition) is 4. The van der Waals surface area contributed by atoms with Crippen molar-refractivity contribution in [3.63, 3.8) is 0 Å². The molecule has 31 heavy (non-hydrogen) atoms. The lowest BCUT2D eigenvalue weighted by Crippen LogP contribution is -2.23. The van der Waals surface area contributed by atoms with Crippen LogP contribution in [0, 0.1) is 13.8 Å². The molecule has 1 amide bonds. The van der Waals surface area contributed by atoms with Crippen molar-refractivity contribution in [2.24, 2.45) is 0 Å². The van der Waals surface area contributed by atoms with Crippen LogP contribution < -0.4 is 10.0 Å². The Hall–Kier alpha value is -3.19. The van der Waals surface area contributed by atoms with Gasteiger partial charge in [0.05, 0.1) is 10.6 Å². The van der Waals surface area contributed by atoms with Crippen molar-refractivity contribution < 1.29 is 13.2 Å². The van der Waals surface area contributed by atoms with E-state index in [0.717, 1.165) is 16.8 Å². The molecule has 6 nitrogen and oxygen atoms in total. The molecular weight excluding hydrogens is 410 g/mol. The monoisotopic (exact) mass is 435 g/mol. The second kappa shape index (κ2) is 8.51. The largest absolute Gasteiger partial charge is 0.348 e. The van der Waals surface area contributed by atoms with Crippen LogP contribution >= 0.6 is 0 Å². The van der Waals surface area contributed by atoms with Gasteiger partial charge in [0.2, 0.25) is 0 Å². The lowest BCUT2D eigenvalue weighted by atomic mass is 10.1. The Kier molecular flexibility index (Phi) is 5.78. The molecule has 2 aromatic carbocycles. The van der Waals surface area contributed by atoms with Crippen LogP contribution in [-0.2, 0) is 16.6 Å². The zero-order valence-electron chi connectivity index (χ0n) is 17.6. The van der Waals surface area contributed by atoms with Crippen molar-refractivity contribution >= 4 is 21.6 Å². The van der Waals surface area contributed by atoms with Crippen LogP contribution in [0.4, 0.5) is 5.69 Å². The van der Waals surface area contributed by atoms with Gasteiger partial charge in [0.25, 0.3) is 15.9 Å². The maximum absolute atomic E-state index is 12.9. The van der Waals surface area contributed by atoms with E-state index in [1.165, 1.54) is 18.4 Å². The molecule has 1 aliphatic rings. The molecule has 0 unspecified atom stereocenters. The van der Waals surface area contributed by atoms with E-state index >= 15 is 0 Å². The van der Waals surface area contributed by atoms with Gasteiger partial charge in [-0.25, -0.2) is 8.42 Å². The van der Waals surface area contributed by atoms with Crippen molar-refractivity contribution in [2.45, 2.75) is 44.0 Å². The van der Waals surface area contributed by atoms with Gasteiger partial charge in [-0.3, -0.25) is 14.5 Å². The number of nitrogens with one attached hydrogen (secondary N) is 2. The fraction of sp³-hybridized carbons (Fsp3) is 0.250. The smallest absolute Gasteiger partial charge is 0.261 e. The summed E-state index contributed by atoms with van der Waals surface area (Å²) in [6, 6.07) is 15.8. The van der Waals surface area contributed by atoms with Crippen molar-refractivity contribution in [2.75, 3.05) is 4.72 Å². The summed E-state index contributed by atoms with van der Waals surface area (Å²) in [6.45, 7) is 4.04. The number of hydrogen-bond donors (Lipinski definition) is 2. The minimum absolute atomic E-state index is 0.207. The standard InChI is InChI=1S/C24H25N3O3S/c1-16-3-6-21(24(28)26-15-18-5-4-17(2)25-14-18)13-23(16)27-31(29,30)22-11-9-20(10-12-22)19-7-8-19/h3-6,9-14,19,27H,7-8,15H2,1-2H3,(H,26,28). The molecule has 3 aromatic rings. The summed E-state index contributed by atoms with van der Waals surface area (Å²) < 4.78 is 28.3. The minimum atomic E-state index is -3.75. The summed E-state index contributed by atoms with van der Waals surface area (Å²) in [7, 11) is -3.75. The van der Waals surface area contributed by atoms with Gasteiger partial charge in [0, 0.05) is 24.0 Å². The second-order valence-electron chi connectivity index (χ2n) is 7.97. The molecule has 4 rings (SSSR count). The van der Waals surface area contributed by atoms with Gasteiger partial charge in [-0.05, 0) is 79.6 Å². The normalized spacial score (nSPS) is 13.6. The number of pyridine rings is 1. The summed E-state index contributed by atoms with van der Waals surface area (Å²) in [5.74, 6) is 0.285. The van der Waals surface area contributed by atoms with E-state index in [1.807, 2.05) is 31.2 Å². The molecule has 0 radical (unpaired) electrons. The summed E-state index contributed by atoms with van der Waals surface area (Å²) in [5.41, 5.74) is 4.48. The minimum Gasteiger partial charge on any atom is -0.348 e. The van der Waals surface area contributed by atoms with E-state index < -0.39 is 10.0 Å². The van der Waals surface area contributed by atoms with Crippen LogP contribution in [0.25, 0.3) is 0 Å². The van der Waals surface area contributed by atoms with Crippen molar-refractivity contribution in [3.05, 3.63) is 88.7 Å². The number of anilines is 1. The van der Waals surface area contributed by atoms with Gasteiger partial charge >= 0.3 is 0 Å². The molecule has 0 aliphatic heterocycles. The van der Waals surface area contributed by atoms with E-state index in [2.05, 4.69) is 15.0 Å². The highest BCUT2D eigenvalue weighted by atomic mass is 32.2. The number of sulfonamides is 1. The summed E-state index contributed by atoms with van der Waals surface area (Å²) in [6.07, 6.45) is 4.05. The Morgan fingerprint density at radius 2 is 1.77 bits per heavy atom. The maximum Gasteiger partial charge on any atom is 0.261 e. The van der Waals surface area contributed by atoms with Gasteiger partial charge in [-0.2, -0.15) is 0 Å². The zero-order chi connectivity index (χ0) is 22.0. The number of aromatic nitrogens is 1. The molecule has 0 saturated heterocycles. The number of carbonyl (C=O) groups excluding carboxylic acids is 1. The van der Waals surface area contributed by atoms with Gasteiger partial charge < -0.3 is 5.32 Å². The summed E-state index contributed by atoms with van der Waals surface area (Å²) in [4.78, 5) is 17.0. The third-order valence-corrected chi connectivity index (χ3v) is 6.79. The van der Waals surface area contributed by atoms with Gasteiger partial charge in [-0.1, -0.05) is 24.3 Å². The number of rotatable bonds is 7. The predicted molar refractivity (Wildman–Crippen MR) is 121 cm³/mol. The van der Waals surface area contributed by atoms with E-state index in [4.69, 9.17) is 0 Å². The average molecular weight is 436 g/mol. The Morgan fingerprint density at radius 1 is 1.03 bits per heavy atom. The lowest BCUT2D eigenvalue weighted by molar-refractivity contribution is 0.0951. The molecule has 0 spiro atoms. The van der Waals surface area contributed by atoms with Crippen molar-refractivity contribution in [3.8, 4) is 0 Å². The topological polar surface area (TPSA) is 88.2 Å². The first-order valence-corrected chi connectivity index (χ1v) is 11.7. The first kappa shape index (κ1) is 21.1. The second-order valence-corrected chi connectivity index (χ2v) is 9.65. The Morgan fingerprint density at radius 3 is 2.42 bits per heavy atom. The van der Waals surface area contributed by atoms with Crippen LogP contribution in [0.3, 0.4) is 0 Å². The Labute approximate surface area is 182 Å². The van der Waals surface area contributed by atoms with E-state index in [1.54, 1.807) is 43.5 Å². The lowest BCUT2D eigenvalue weighted by Gasteiger charge is -2.13. The zero-order valence-corrected chi connectivity index (χ0v) is 18.4. The van der Waals surface area contributed by atoms with Gasteiger partial charge in [0.15, 0.2) is 0 Å². The Balaban J connectivity index is 1.47. The molecule has 1 saturated carbocycles. The number of nitrogens with zero attached hydrogens (tertiary/aromatic N) is 1. The van der Waals surface area contributed by atoms with E-state index in [0.29, 0.717) is 23.7 Å². The highest BCUT2D eigenvalue weighted by molar-refractivity contribution is 7.92. The number of aryl methyl sites for hydroxylation is 2. The molecule has 160 valence electrons. The molecule has 0 atom stereocenters. The van der Waals surface area contributed by atoms with Crippen LogP contribution in [0.1, 0.15) is 51.5 Å². The quantitative estimate of drug-likeness (QED) is 0.579. The average Bonchev–Trinajstić information content (AvgIpc) is 3.60. The fourth-order valence-electron chi connectivity index (χ4n) is 3.30. The Bertz CT molecular complexity index is 1200. The van der Waals surface area contributed by atoms with E-state index in [9.17, 15) is 13.2 Å². The summed E-state index contributed by atoms with van der Waals surface area (Å²) >= 11 is 0. The highest BCUT2D eigenvalue weighted by Gasteiger charge is 2.24. The summed E-state index contributed by atoms with van der Waals surface area (Å²) in [5, 5.41) is 2.84. The van der Waals surface area contributed by atoms with Crippen LogP contribution in [0.5, 0.6) is 0 Å². The SMILES string of the molecule is Cc1ccc(CNC(=O)c2ccc(C)c(NS(=O)(=O)c3ccc(C4CC4)cc3)c2)cn1. The van der Waals surface area contributed by atoms with E-state index in [-0.39, 0.29) is 10.8 Å². The molecule has 1 heterocycles. The predicted octanol–water partition coefficient (Wildman–Crippen LogP) is 4.31. The van der Waals surface area contributed by atoms with Crippen LogP contribution in [0.15, 0.2) is 65.7 Å². The molecule has 7 heteroatoms. The van der Waals surface area contributed by atoms with Crippen LogP contribution in [-0.4, -0.2) is 19.3 Å². The van der Waals surface area contributed by atoms with Gasteiger partial charge in [-0.15, -0.1) is 0 Å². The maximum atomic E-state index is 12.9. The third kappa shape index (κ3) is 5.11. The molecule has 1 aromatic heterocycles. The third-order valence-electron chi connectivity index (χ3n) is 5.41. The van der Waals surface area contributed by atoms with Crippen LogP contribution in [0.2, 0.25) is 0 Å². The number of benzene rings is 2. The number of carbonyl (C=O) groups is 1. The van der Waals surface area contributed by atoms with Crippen molar-refractivity contribution in [1.29, 1.82) is 0 Å². The molecule has 0 bridgehead atoms. The first-order valence-electron chi connectivity index (χ1n) is 10.2. The molecule has 2 N–H and O–H groups in total. The molecule has 1 aliphatic carbocycles. The molecule has 1 fully saturated rings. The molecular formula is C24H25N3O3S. The number of amides is 1. The highest BCUT2D eigenvalue weighted by Crippen LogP contribution is 2.40. The van der Waals surface area contributed by atoms with Gasteiger partial charge in [0.1, 0.15) is 0 Å². The first-order chi connectivity index (χ1) is 14.8.